The maximum atomic E-state index is 11.6. The van der Waals surface area contributed by atoms with E-state index < -0.39 is 11.9 Å². The van der Waals surface area contributed by atoms with Crippen molar-refractivity contribution in [3.8, 4) is 0 Å². The largest absolute Gasteiger partial charge is 0.481 e. The number of pyridine rings is 1. The molecule has 1 aliphatic rings. The van der Waals surface area contributed by atoms with Gasteiger partial charge in [0.05, 0.1) is 12.5 Å². The Morgan fingerprint density at radius 2 is 2.32 bits per heavy atom. The van der Waals surface area contributed by atoms with E-state index in [0.29, 0.717) is 19.6 Å². The quantitative estimate of drug-likeness (QED) is 0.886. The molecule has 0 bridgehead atoms. The van der Waals surface area contributed by atoms with E-state index in [1.807, 2.05) is 23.6 Å². The molecule has 0 saturated carbocycles. The molecule has 0 aromatic carbocycles. The van der Waals surface area contributed by atoms with E-state index in [1.54, 1.807) is 18.7 Å². The highest BCUT2D eigenvalue weighted by atomic mass is 16.4. The van der Waals surface area contributed by atoms with Gasteiger partial charge in [0.2, 0.25) is 0 Å². The third kappa shape index (κ3) is 2.85. The SMILES string of the molecule is CCn1cnnc1CN1C[C@H](C(=O)O)[C@@H](c2cccnc2)C1. The molecule has 116 valence electrons. The minimum Gasteiger partial charge on any atom is -0.481 e. The standard InChI is InChI=1S/C15H19N5O2/c1-2-20-10-17-18-14(20)9-19-7-12(13(8-19)15(21)22)11-4-3-5-16-6-11/h3-6,10,12-13H,2,7-9H2,1H3,(H,21,22)/t12-,13+/m1/s1. The number of carboxylic acid groups (broad SMARTS) is 1. The zero-order valence-electron chi connectivity index (χ0n) is 12.5. The van der Waals surface area contributed by atoms with E-state index in [1.165, 1.54) is 0 Å². The summed E-state index contributed by atoms with van der Waals surface area (Å²) in [4.78, 5) is 17.8. The molecule has 3 rings (SSSR count). The lowest BCUT2D eigenvalue weighted by Crippen LogP contribution is -2.24. The van der Waals surface area contributed by atoms with Crippen LogP contribution in [0, 0.1) is 5.92 Å². The third-order valence-corrected chi connectivity index (χ3v) is 4.23. The molecule has 1 N–H and O–H groups in total. The normalized spacial score (nSPS) is 22.0. The van der Waals surface area contributed by atoms with Crippen LogP contribution in [0.3, 0.4) is 0 Å². The van der Waals surface area contributed by atoms with Crippen LogP contribution in [0.4, 0.5) is 0 Å². The number of hydrogen-bond acceptors (Lipinski definition) is 5. The van der Waals surface area contributed by atoms with Crippen molar-refractivity contribution in [3.63, 3.8) is 0 Å². The Morgan fingerprint density at radius 3 is 3.00 bits per heavy atom. The number of rotatable bonds is 5. The molecule has 1 fully saturated rings. The van der Waals surface area contributed by atoms with Crippen LogP contribution in [0.15, 0.2) is 30.9 Å². The molecule has 2 aromatic heterocycles. The highest BCUT2D eigenvalue weighted by molar-refractivity contribution is 5.72. The number of hydrogen-bond donors (Lipinski definition) is 1. The lowest BCUT2D eigenvalue weighted by molar-refractivity contribution is -0.141. The van der Waals surface area contributed by atoms with Crippen LogP contribution in [0.2, 0.25) is 0 Å². The first-order chi connectivity index (χ1) is 10.7. The van der Waals surface area contributed by atoms with E-state index >= 15 is 0 Å². The van der Waals surface area contributed by atoms with Crippen molar-refractivity contribution in [2.75, 3.05) is 13.1 Å². The molecule has 22 heavy (non-hydrogen) atoms. The number of aliphatic carboxylic acids is 1. The molecular formula is C15H19N5O2. The fraction of sp³-hybridized carbons (Fsp3) is 0.467. The van der Waals surface area contributed by atoms with Gasteiger partial charge in [0.25, 0.3) is 0 Å². The predicted octanol–water partition coefficient (Wildman–Crippen LogP) is 0.993. The first kappa shape index (κ1) is 14.6. The summed E-state index contributed by atoms with van der Waals surface area (Å²) in [6.45, 7) is 4.68. The third-order valence-electron chi connectivity index (χ3n) is 4.23. The summed E-state index contributed by atoms with van der Waals surface area (Å²) in [5.41, 5.74) is 0.981. The van der Waals surface area contributed by atoms with Crippen LogP contribution in [0.25, 0.3) is 0 Å². The summed E-state index contributed by atoms with van der Waals surface area (Å²) in [5.74, 6) is -0.335. The zero-order valence-corrected chi connectivity index (χ0v) is 12.5. The minimum absolute atomic E-state index is 0.0378. The van der Waals surface area contributed by atoms with Crippen molar-refractivity contribution in [1.82, 2.24) is 24.6 Å². The molecule has 3 heterocycles. The Morgan fingerprint density at radius 1 is 1.45 bits per heavy atom. The van der Waals surface area contributed by atoms with Gasteiger partial charge in [-0.1, -0.05) is 6.07 Å². The number of carboxylic acids is 1. The Kier molecular flexibility index (Phi) is 4.15. The molecule has 0 amide bonds. The van der Waals surface area contributed by atoms with Gasteiger partial charge in [-0.3, -0.25) is 14.7 Å². The Labute approximate surface area is 128 Å². The van der Waals surface area contributed by atoms with Gasteiger partial charge < -0.3 is 9.67 Å². The summed E-state index contributed by atoms with van der Waals surface area (Å²) in [7, 11) is 0. The highest BCUT2D eigenvalue weighted by Gasteiger charge is 2.38. The van der Waals surface area contributed by atoms with E-state index in [9.17, 15) is 9.90 Å². The summed E-state index contributed by atoms with van der Waals surface area (Å²) in [6, 6.07) is 3.80. The minimum atomic E-state index is -0.756. The van der Waals surface area contributed by atoms with Crippen molar-refractivity contribution < 1.29 is 9.90 Å². The van der Waals surface area contributed by atoms with Crippen molar-refractivity contribution in [3.05, 3.63) is 42.2 Å². The maximum Gasteiger partial charge on any atom is 0.308 e. The molecule has 2 aromatic rings. The first-order valence-corrected chi connectivity index (χ1v) is 7.40. The summed E-state index contributed by atoms with van der Waals surface area (Å²) >= 11 is 0. The summed E-state index contributed by atoms with van der Waals surface area (Å²) < 4.78 is 1.98. The molecular weight excluding hydrogens is 282 g/mol. The van der Waals surface area contributed by atoms with E-state index in [4.69, 9.17) is 0 Å². The molecule has 0 unspecified atom stereocenters. The van der Waals surface area contributed by atoms with E-state index in [0.717, 1.165) is 17.9 Å². The van der Waals surface area contributed by atoms with Crippen molar-refractivity contribution in [2.45, 2.75) is 25.9 Å². The second-order valence-corrected chi connectivity index (χ2v) is 5.56. The number of carbonyl (C=O) groups is 1. The monoisotopic (exact) mass is 301 g/mol. The van der Waals surface area contributed by atoms with E-state index in [-0.39, 0.29) is 5.92 Å². The smallest absolute Gasteiger partial charge is 0.308 e. The predicted molar refractivity (Wildman–Crippen MR) is 79.1 cm³/mol. The number of likely N-dealkylation sites (tertiary alicyclic amines) is 1. The van der Waals surface area contributed by atoms with Crippen LogP contribution in [0.1, 0.15) is 24.2 Å². The van der Waals surface area contributed by atoms with Gasteiger partial charge >= 0.3 is 5.97 Å². The van der Waals surface area contributed by atoms with Gasteiger partial charge in [-0.25, -0.2) is 0 Å². The Bertz CT molecular complexity index is 642. The fourth-order valence-corrected chi connectivity index (χ4v) is 3.06. The van der Waals surface area contributed by atoms with Crippen molar-refractivity contribution >= 4 is 5.97 Å². The van der Waals surface area contributed by atoms with Crippen LogP contribution in [0.5, 0.6) is 0 Å². The molecule has 7 heteroatoms. The lowest BCUT2D eigenvalue weighted by Gasteiger charge is -2.15. The Balaban J connectivity index is 1.77. The van der Waals surface area contributed by atoms with Crippen molar-refractivity contribution in [1.29, 1.82) is 0 Å². The zero-order chi connectivity index (χ0) is 15.5. The summed E-state index contributed by atoms with van der Waals surface area (Å²) in [6.07, 6.45) is 5.17. The van der Waals surface area contributed by atoms with Gasteiger partial charge in [-0.15, -0.1) is 10.2 Å². The second kappa shape index (κ2) is 6.23. The van der Waals surface area contributed by atoms with E-state index in [2.05, 4.69) is 20.1 Å². The molecule has 1 aliphatic heterocycles. The van der Waals surface area contributed by atoms with Gasteiger partial charge in [-0.2, -0.15) is 0 Å². The lowest BCUT2D eigenvalue weighted by atomic mass is 9.90. The maximum absolute atomic E-state index is 11.6. The average molecular weight is 301 g/mol. The number of aromatic nitrogens is 4. The van der Waals surface area contributed by atoms with Crippen LogP contribution in [-0.2, 0) is 17.9 Å². The average Bonchev–Trinajstić information content (AvgIpc) is 3.15. The number of aryl methyl sites for hydroxylation is 1. The van der Waals surface area contributed by atoms with Gasteiger partial charge in [-0.05, 0) is 18.6 Å². The highest BCUT2D eigenvalue weighted by Crippen LogP contribution is 2.33. The first-order valence-electron chi connectivity index (χ1n) is 7.40. The van der Waals surface area contributed by atoms with Crippen LogP contribution >= 0.6 is 0 Å². The second-order valence-electron chi connectivity index (χ2n) is 5.56. The van der Waals surface area contributed by atoms with Crippen molar-refractivity contribution in [2.24, 2.45) is 5.92 Å². The molecule has 0 spiro atoms. The molecule has 1 saturated heterocycles. The van der Waals surface area contributed by atoms with Crippen LogP contribution in [-0.4, -0.2) is 48.8 Å². The fourth-order valence-electron chi connectivity index (χ4n) is 3.06. The molecule has 0 aliphatic carbocycles. The number of nitrogens with zero attached hydrogens (tertiary/aromatic N) is 5. The molecule has 0 radical (unpaired) electrons. The molecule has 7 nitrogen and oxygen atoms in total. The Hall–Kier alpha value is -2.28. The summed E-state index contributed by atoms with van der Waals surface area (Å²) in [5, 5.41) is 17.6. The van der Waals surface area contributed by atoms with Crippen LogP contribution < -0.4 is 0 Å². The molecule has 2 atom stereocenters. The van der Waals surface area contributed by atoms with Gasteiger partial charge in [0.1, 0.15) is 12.2 Å². The topological polar surface area (TPSA) is 84.1 Å². The van der Waals surface area contributed by atoms with Gasteiger partial charge in [0, 0.05) is 37.9 Å². The van der Waals surface area contributed by atoms with Gasteiger partial charge in [0.15, 0.2) is 0 Å².